The third kappa shape index (κ3) is 6.66. The SMILES string of the molecule is Br.C(=C\c1ccc(-c2cn3cc(/C=C/C=N/NC4=NCCN4)ccc3n2)cc1)/C=N/NC1=NCCN1. The van der Waals surface area contributed by atoms with E-state index in [4.69, 9.17) is 4.98 Å². The first kappa shape index (κ1) is 24.9. The fourth-order valence-corrected chi connectivity index (χ4v) is 3.55. The Labute approximate surface area is 219 Å². The number of hydrogen-bond acceptors (Lipinski definition) is 9. The van der Waals surface area contributed by atoms with Gasteiger partial charge in [-0.1, -0.05) is 36.4 Å². The summed E-state index contributed by atoms with van der Waals surface area (Å²) in [5.41, 5.74) is 10.8. The summed E-state index contributed by atoms with van der Waals surface area (Å²) in [5, 5.41) is 14.4. The molecule has 0 saturated carbocycles. The summed E-state index contributed by atoms with van der Waals surface area (Å²) in [6.45, 7) is 3.27. The monoisotopic (exact) mass is 546 g/mol. The van der Waals surface area contributed by atoms with E-state index >= 15 is 0 Å². The molecule has 0 bridgehead atoms. The second-order valence-electron chi connectivity index (χ2n) is 7.79. The summed E-state index contributed by atoms with van der Waals surface area (Å²) in [6, 6.07) is 12.3. The van der Waals surface area contributed by atoms with Crippen molar-refractivity contribution in [2.75, 3.05) is 26.2 Å². The van der Waals surface area contributed by atoms with Gasteiger partial charge in [0.05, 0.1) is 18.8 Å². The lowest BCUT2D eigenvalue weighted by atomic mass is 10.1. The maximum absolute atomic E-state index is 4.75. The number of hydrogen-bond donors (Lipinski definition) is 4. The lowest BCUT2D eigenvalue weighted by molar-refractivity contribution is 0.920. The summed E-state index contributed by atoms with van der Waals surface area (Å²) in [7, 11) is 0. The van der Waals surface area contributed by atoms with Gasteiger partial charge in [0.2, 0.25) is 11.9 Å². The zero-order valence-corrected chi connectivity index (χ0v) is 21.2. The average Bonchev–Trinajstić information content (AvgIpc) is 3.66. The molecular weight excluding hydrogens is 520 g/mol. The molecule has 0 saturated heterocycles. The smallest absolute Gasteiger partial charge is 0.212 e. The second kappa shape index (κ2) is 12.5. The van der Waals surface area contributed by atoms with Crippen molar-refractivity contribution < 1.29 is 0 Å². The Hall–Kier alpha value is -4.25. The number of rotatable bonds is 7. The molecule has 0 fully saturated rings. The van der Waals surface area contributed by atoms with Crippen LogP contribution in [-0.4, -0.2) is 59.9 Å². The van der Waals surface area contributed by atoms with Crippen molar-refractivity contribution >= 4 is 59.1 Å². The van der Waals surface area contributed by atoms with Crippen LogP contribution in [-0.2, 0) is 0 Å². The molecule has 11 heteroatoms. The first-order valence-electron chi connectivity index (χ1n) is 11.4. The van der Waals surface area contributed by atoms with Crippen molar-refractivity contribution in [3.8, 4) is 11.3 Å². The molecule has 2 aliphatic rings. The predicted molar refractivity (Wildman–Crippen MR) is 153 cm³/mol. The number of aliphatic imine (C=N–C) groups is 2. The third-order valence-electron chi connectivity index (χ3n) is 5.27. The Morgan fingerprint density at radius 1 is 0.778 bits per heavy atom. The molecule has 0 radical (unpaired) electrons. The van der Waals surface area contributed by atoms with E-state index in [1.54, 1.807) is 12.4 Å². The highest BCUT2D eigenvalue weighted by molar-refractivity contribution is 8.93. The maximum Gasteiger partial charge on any atom is 0.212 e. The van der Waals surface area contributed by atoms with E-state index in [1.165, 1.54) is 0 Å². The van der Waals surface area contributed by atoms with Gasteiger partial charge in [-0.05, 0) is 35.4 Å². The fraction of sp³-hybridized carbons (Fsp3) is 0.160. The number of pyridine rings is 1. The van der Waals surface area contributed by atoms with Gasteiger partial charge in [-0.3, -0.25) is 0 Å². The quantitative estimate of drug-likeness (QED) is 0.268. The molecule has 10 nitrogen and oxygen atoms in total. The second-order valence-corrected chi connectivity index (χ2v) is 7.79. The number of hydrazone groups is 2. The van der Waals surface area contributed by atoms with E-state index in [1.807, 2.05) is 53.2 Å². The number of fused-ring (bicyclic) bond motifs is 1. The molecule has 2 aromatic heterocycles. The Bertz CT molecular complexity index is 1350. The van der Waals surface area contributed by atoms with Gasteiger partial charge in [-0.2, -0.15) is 10.2 Å². The highest BCUT2D eigenvalue weighted by Crippen LogP contribution is 2.21. The lowest BCUT2D eigenvalue weighted by Crippen LogP contribution is -2.29. The Morgan fingerprint density at radius 3 is 2.00 bits per heavy atom. The highest BCUT2D eigenvalue weighted by Gasteiger charge is 2.05. The fourth-order valence-electron chi connectivity index (χ4n) is 3.55. The van der Waals surface area contributed by atoms with Gasteiger partial charge in [-0.25, -0.2) is 25.8 Å². The minimum absolute atomic E-state index is 0. The van der Waals surface area contributed by atoms with Crippen LogP contribution in [0.4, 0.5) is 0 Å². The topological polar surface area (TPSA) is 115 Å². The molecule has 184 valence electrons. The van der Waals surface area contributed by atoms with E-state index in [9.17, 15) is 0 Å². The Balaban J connectivity index is 0.00000304. The normalized spacial score (nSPS) is 15.4. The van der Waals surface area contributed by atoms with Crippen LogP contribution >= 0.6 is 17.0 Å². The van der Waals surface area contributed by atoms with E-state index in [-0.39, 0.29) is 17.0 Å². The summed E-state index contributed by atoms with van der Waals surface area (Å²) in [6.07, 6.45) is 15.2. The number of guanidine groups is 2. The third-order valence-corrected chi connectivity index (χ3v) is 5.27. The molecule has 0 aliphatic carbocycles. The van der Waals surface area contributed by atoms with Crippen LogP contribution in [0, 0.1) is 0 Å². The molecule has 1 aromatic carbocycles. The van der Waals surface area contributed by atoms with Crippen LogP contribution in [0.5, 0.6) is 0 Å². The number of aromatic nitrogens is 2. The molecule has 2 aliphatic heterocycles. The van der Waals surface area contributed by atoms with E-state index < -0.39 is 0 Å². The minimum Gasteiger partial charge on any atom is -0.353 e. The van der Waals surface area contributed by atoms with Crippen LogP contribution in [0.15, 0.2) is 81.1 Å². The van der Waals surface area contributed by atoms with Crippen molar-refractivity contribution in [1.29, 1.82) is 0 Å². The van der Waals surface area contributed by atoms with Gasteiger partial charge in [0.25, 0.3) is 0 Å². The molecule has 0 spiro atoms. The summed E-state index contributed by atoms with van der Waals surface area (Å²) in [4.78, 5) is 13.2. The van der Waals surface area contributed by atoms with Crippen LogP contribution < -0.4 is 21.5 Å². The van der Waals surface area contributed by atoms with Crippen molar-refractivity contribution in [3.05, 3.63) is 72.1 Å². The molecular formula is C25H27BrN10. The zero-order chi connectivity index (χ0) is 23.7. The molecule has 4 N–H and O–H groups in total. The van der Waals surface area contributed by atoms with Crippen LogP contribution in [0.3, 0.4) is 0 Å². The molecule has 0 amide bonds. The van der Waals surface area contributed by atoms with Gasteiger partial charge >= 0.3 is 0 Å². The number of nitrogens with zero attached hydrogens (tertiary/aromatic N) is 6. The summed E-state index contributed by atoms with van der Waals surface area (Å²) >= 11 is 0. The summed E-state index contributed by atoms with van der Waals surface area (Å²) < 4.78 is 2.03. The van der Waals surface area contributed by atoms with Crippen molar-refractivity contribution in [3.63, 3.8) is 0 Å². The van der Waals surface area contributed by atoms with Crippen LogP contribution in [0.1, 0.15) is 11.1 Å². The Kier molecular flexibility index (Phi) is 8.60. The van der Waals surface area contributed by atoms with E-state index in [2.05, 4.69) is 65.9 Å². The minimum atomic E-state index is 0. The highest BCUT2D eigenvalue weighted by atomic mass is 79.9. The predicted octanol–water partition coefficient (Wildman–Crippen LogP) is 2.67. The van der Waals surface area contributed by atoms with Crippen LogP contribution in [0.2, 0.25) is 0 Å². The number of halogens is 1. The molecule has 5 rings (SSSR count). The zero-order valence-electron chi connectivity index (χ0n) is 19.5. The van der Waals surface area contributed by atoms with E-state index in [0.29, 0.717) is 11.9 Å². The van der Waals surface area contributed by atoms with Crippen LogP contribution in [0.25, 0.3) is 29.1 Å². The van der Waals surface area contributed by atoms with Gasteiger partial charge in [0, 0.05) is 43.5 Å². The van der Waals surface area contributed by atoms with Crippen molar-refractivity contribution in [2.24, 2.45) is 20.2 Å². The van der Waals surface area contributed by atoms with E-state index in [0.717, 1.165) is 54.2 Å². The van der Waals surface area contributed by atoms with Gasteiger partial charge in [0.15, 0.2) is 0 Å². The van der Waals surface area contributed by atoms with Gasteiger partial charge in [0.1, 0.15) is 5.65 Å². The molecule has 0 atom stereocenters. The lowest BCUT2D eigenvalue weighted by Gasteiger charge is -1.98. The maximum atomic E-state index is 4.75. The number of imidazole rings is 1. The first-order valence-corrected chi connectivity index (χ1v) is 11.4. The van der Waals surface area contributed by atoms with Gasteiger partial charge in [-0.15, -0.1) is 17.0 Å². The number of nitrogens with one attached hydrogen (secondary N) is 4. The number of allylic oxidation sites excluding steroid dienone is 2. The number of benzene rings is 1. The Morgan fingerprint density at radius 2 is 1.39 bits per heavy atom. The summed E-state index contributed by atoms with van der Waals surface area (Å²) in [5.74, 6) is 1.42. The largest absolute Gasteiger partial charge is 0.353 e. The first-order chi connectivity index (χ1) is 17.3. The molecule has 4 heterocycles. The average molecular weight is 547 g/mol. The standard InChI is InChI=1S/C25H26N10.BrH/c1(11-30-33-24-26-13-14-27-24)3-19-5-8-21(9-6-19)22-18-35-17-20(7-10-23(35)32-22)4-2-12-31-34-25-28-15-16-29-25;/h1-12,17-18H,13-16H2,(H2,26,27,33)(H2,28,29,34);1H/b3-1+,4-2+,30-11+,31-12+;. The van der Waals surface area contributed by atoms with Gasteiger partial charge < -0.3 is 15.0 Å². The van der Waals surface area contributed by atoms with Crippen molar-refractivity contribution in [1.82, 2.24) is 30.9 Å². The molecule has 36 heavy (non-hydrogen) atoms. The molecule has 0 unspecified atom stereocenters. The van der Waals surface area contributed by atoms with Crippen molar-refractivity contribution in [2.45, 2.75) is 0 Å². The molecule has 3 aromatic rings.